The van der Waals surface area contributed by atoms with Crippen molar-refractivity contribution in [1.82, 2.24) is 4.98 Å². The second-order valence-electron chi connectivity index (χ2n) is 5.84. The van der Waals surface area contributed by atoms with Crippen LogP contribution in [-0.2, 0) is 20.0 Å². The molecule has 18 heavy (non-hydrogen) atoms. The van der Waals surface area contributed by atoms with E-state index in [2.05, 4.69) is 4.98 Å². The molecule has 0 aromatic carbocycles. The van der Waals surface area contributed by atoms with E-state index >= 15 is 0 Å². The quantitative estimate of drug-likeness (QED) is 0.823. The molecule has 2 heterocycles. The summed E-state index contributed by atoms with van der Waals surface area (Å²) in [4.78, 5) is 4.09. The van der Waals surface area contributed by atoms with Gasteiger partial charge in [0.25, 0.3) is 0 Å². The first-order valence-electron chi connectivity index (χ1n) is 5.98. The molecular weight excluding hydrogens is 250 g/mol. The zero-order chi connectivity index (χ0) is 13.6. The maximum atomic E-state index is 11.9. The van der Waals surface area contributed by atoms with Gasteiger partial charge in [0, 0.05) is 18.4 Å². The molecule has 1 aromatic heterocycles. The molecule has 0 spiro atoms. The van der Waals surface area contributed by atoms with Crippen molar-refractivity contribution < 1.29 is 13.2 Å². The molecule has 0 N–H and O–H groups in total. The van der Waals surface area contributed by atoms with Gasteiger partial charge in [-0.3, -0.25) is 0 Å². The van der Waals surface area contributed by atoms with E-state index in [4.69, 9.17) is 4.74 Å². The minimum Gasteiger partial charge on any atom is -0.380 e. The lowest BCUT2D eigenvalue weighted by molar-refractivity contribution is 0.00759. The molecule has 4 nitrogen and oxygen atoms in total. The summed E-state index contributed by atoms with van der Waals surface area (Å²) in [5, 5.41) is 0.208. The predicted molar refractivity (Wildman–Crippen MR) is 69.6 cm³/mol. The van der Waals surface area contributed by atoms with Gasteiger partial charge in [-0.1, -0.05) is 20.8 Å². The molecule has 0 aliphatic carbocycles. The van der Waals surface area contributed by atoms with E-state index in [0.717, 1.165) is 11.1 Å². The zero-order valence-electron chi connectivity index (χ0n) is 11.2. The summed E-state index contributed by atoms with van der Waals surface area (Å²) in [5.74, 6) is 0.294. The Morgan fingerprint density at radius 3 is 2.33 bits per heavy atom. The molecule has 100 valence electrons. The van der Waals surface area contributed by atoms with Gasteiger partial charge in [-0.15, -0.1) is 0 Å². The summed E-state index contributed by atoms with van der Waals surface area (Å²) in [6, 6.07) is 1.92. The van der Waals surface area contributed by atoms with Crippen molar-refractivity contribution in [2.24, 2.45) is 0 Å². The fourth-order valence-corrected chi connectivity index (χ4v) is 3.29. The zero-order valence-corrected chi connectivity index (χ0v) is 12.0. The normalized spacial score (nSPS) is 17.6. The molecule has 1 aliphatic heterocycles. The van der Waals surface area contributed by atoms with Crippen molar-refractivity contribution in [3.8, 4) is 0 Å². The van der Waals surface area contributed by atoms with Crippen LogP contribution in [0.4, 0.5) is 0 Å². The van der Waals surface area contributed by atoms with E-state index < -0.39 is 9.84 Å². The number of sulfone groups is 1. The topological polar surface area (TPSA) is 56.3 Å². The maximum Gasteiger partial charge on any atom is 0.193 e. The van der Waals surface area contributed by atoms with Crippen LogP contribution in [0.3, 0.4) is 0 Å². The second kappa shape index (κ2) is 4.31. The molecule has 0 radical (unpaired) electrons. The fraction of sp³-hybridized carbons (Fsp3) is 0.615. The number of hydrogen-bond acceptors (Lipinski definition) is 4. The average molecular weight is 269 g/mol. The van der Waals surface area contributed by atoms with Gasteiger partial charge in [0.15, 0.2) is 14.9 Å². The number of hydrogen-bond donors (Lipinski definition) is 0. The highest BCUT2D eigenvalue weighted by Crippen LogP contribution is 2.36. The summed E-state index contributed by atoms with van der Waals surface area (Å²) in [6.45, 7) is 7.37. The third-order valence-electron chi connectivity index (χ3n) is 3.13. The lowest BCUT2D eigenvalue weighted by atomic mass is 9.80. The SMILES string of the molecule is CC(C)(C)c1c(C2COC2)ccnc1S(C)(=O)=O. The molecule has 5 heteroatoms. The molecule has 1 aliphatic rings. The molecule has 0 bridgehead atoms. The van der Waals surface area contributed by atoms with E-state index in [9.17, 15) is 8.42 Å². The van der Waals surface area contributed by atoms with Crippen molar-refractivity contribution in [3.63, 3.8) is 0 Å². The van der Waals surface area contributed by atoms with Crippen LogP contribution in [0.5, 0.6) is 0 Å². The monoisotopic (exact) mass is 269 g/mol. The molecule has 1 saturated heterocycles. The smallest absolute Gasteiger partial charge is 0.193 e. The van der Waals surface area contributed by atoms with E-state index in [0.29, 0.717) is 19.1 Å². The van der Waals surface area contributed by atoms with Gasteiger partial charge in [0.05, 0.1) is 13.2 Å². The van der Waals surface area contributed by atoms with Crippen LogP contribution in [0.15, 0.2) is 17.3 Å². The summed E-state index contributed by atoms with van der Waals surface area (Å²) >= 11 is 0. The summed E-state index contributed by atoms with van der Waals surface area (Å²) in [5.41, 5.74) is 1.64. The third kappa shape index (κ3) is 2.42. The van der Waals surface area contributed by atoms with Crippen molar-refractivity contribution in [3.05, 3.63) is 23.4 Å². The van der Waals surface area contributed by atoms with Crippen molar-refractivity contribution in [2.45, 2.75) is 37.1 Å². The summed E-state index contributed by atoms with van der Waals surface area (Å²) in [7, 11) is -3.31. The van der Waals surface area contributed by atoms with Gasteiger partial charge in [0.1, 0.15) is 0 Å². The van der Waals surface area contributed by atoms with Crippen LogP contribution < -0.4 is 0 Å². The molecule has 2 rings (SSSR count). The van der Waals surface area contributed by atoms with E-state index in [-0.39, 0.29) is 10.4 Å². The molecule has 1 aromatic rings. The van der Waals surface area contributed by atoms with Gasteiger partial charge in [-0.2, -0.15) is 0 Å². The van der Waals surface area contributed by atoms with Crippen LogP contribution >= 0.6 is 0 Å². The van der Waals surface area contributed by atoms with Crippen LogP contribution in [0.1, 0.15) is 37.8 Å². The predicted octanol–water partition coefficient (Wildman–Crippen LogP) is 1.90. The van der Waals surface area contributed by atoms with E-state index in [1.54, 1.807) is 6.20 Å². The summed E-state index contributed by atoms with van der Waals surface area (Å²) < 4.78 is 29.0. The lowest BCUT2D eigenvalue weighted by Gasteiger charge is -2.33. The lowest BCUT2D eigenvalue weighted by Crippen LogP contribution is -2.30. The van der Waals surface area contributed by atoms with Gasteiger partial charge in [-0.25, -0.2) is 13.4 Å². The number of pyridine rings is 1. The van der Waals surface area contributed by atoms with Crippen LogP contribution in [0.25, 0.3) is 0 Å². The first-order chi connectivity index (χ1) is 8.21. The Kier molecular flexibility index (Phi) is 3.23. The molecule has 0 unspecified atom stereocenters. The highest BCUT2D eigenvalue weighted by molar-refractivity contribution is 7.90. The Bertz CT molecular complexity index is 554. The Hall–Kier alpha value is -0.940. The second-order valence-corrected chi connectivity index (χ2v) is 7.77. The standard InChI is InChI=1S/C13H19NO3S/c1-13(2,3)11-10(9-7-17-8-9)5-6-14-12(11)18(4,15)16/h5-6,9H,7-8H2,1-4H3. The summed E-state index contributed by atoms with van der Waals surface area (Å²) in [6.07, 6.45) is 2.80. The van der Waals surface area contributed by atoms with Crippen LogP contribution in [0.2, 0.25) is 0 Å². The van der Waals surface area contributed by atoms with E-state index in [1.165, 1.54) is 6.26 Å². The molecule has 1 fully saturated rings. The number of rotatable bonds is 2. The van der Waals surface area contributed by atoms with Crippen LogP contribution in [-0.4, -0.2) is 32.9 Å². The van der Waals surface area contributed by atoms with Gasteiger partial charge >= 0.3 is 0 Å². The highest BCUT2D eigenvalue weighted by Gasteiger charge is 2.32. The van der Waals surface area contributed by atoms with Crippen molar-refractivity contribution in [1.29, 1.82) is 0 Å². The van der Waals surface area contributed by atoms with Gasteiger partial charge in [0.2, 0.25) is 0 Å². The third-order valence-corrected chi connectivity index (χ3v) is 4.14. The average Bonchev–Trinajstić information content (AvgIpc) is 2.11. The Morgan fingerprint density at radius 1 is 1.33 bits per heavy atom. The van der Waals surface area contributed by atoms with Gasteiger partial charge < -0.3 is 4.74 Å². The Balaban J connectivity index is 2.68. The first kappa shape index (κ1) is 13.5. The van der Waals surface area contributed by atoms with Crippen molar-refractivity contribution >= 4 is 9.84 Å². The minimum atomic E-state index is -3.31. The minimum absolute atomic E-state index is 0.208. The van der Waals surface area contributed by atoms with Crippen LogP contribution in [0, 0.1) is 0 Å². The Labute approximate surface area is 108 Å². The maximum absolute atomic E-state index is 11.9. The molecule has 0 atom stereocenters. The molecule has 0 saturated carbocycles. The fourth-order valence-electron chi connectivity index (χ4n) is 2.25. The molecule has 0 amide bonds. The Morgan fingerprint density at radius 2 is 1.94 bits per heavy atom. The largest absolute Gasteiger partial charge is 0.380 e. The number of ether oxygens (including phenoxy) is 1. The number of nitrogens with zero attached hydrogens (tertiary/aromatic N) is 1. The van der Waals surface area contributed by atoms with E-state index in [1.807, 2.05) is 26.8 Å². The van der Waals surface area contributed by atoms with Crippen molar-refractivity contribution in [2.75, 3.05) is 19.5 Å². The van der Waals surface area contributed by atoms with Gasteiger partial charge in [-0.05, 0) is 22.6 Å². The first-order valence-corrected chi connectivity index (χ1v) is 7.87. The molecular formula is C13H19NO3S. The number of aromatic nitrogens is 1. The highest BCUT2D eigenvalue weighted by atomic mass is 32.2.